The number of rotatable bonds is 7. The lowest BCUT2D eigenvalue weighted by molar-refractivity contribution is -0.143. The van der Waals surface area contributed by atoms with E-state index >= 15 is 0 Å². The Kier molecular flexibility index (Phi) is 8.03. The quantitative estimate of drug-likeness (QED) is 0.506. The second kappa shape index (κ2) is 10.8. The van der Waals surface area contributed by atoms with Gasteiger partial charge in [-0.1, -0.05) is 13.8 Å². The van der Waals surface area contributed by atoms with Gasteiger partial charge in [0.25, 0.3) is 0 Å². The number of amides is 1. The number of nitrogens with zero attached hydrogens (tertiary/aromatic N) is 4. The molecule has 1 saturated carbocycles. The Hall–Kier alpha value is -2.74. The smallest absolute Gasteiger partial charge is 0.379 e. The zero-order valence-electron chi connectivity index (χ0n) is 20.9. The van der Waals surface area contributed by atoms with Gasteiger partial charge in [-0.25, -0.2) is 4.68 Å². The molecule has 2 fully saturated rings. The summed E-state index contributed by atoms with van der Waals surface area (Å²) >= 11 is 0. The summed E-state index contributed by atoms with van der Waals surface area (Å²) in [5.74, 6) is -0.488. The number of aromatic nitrogens is 4. The van der Waals surface area contributed by atoms with Crippen molar-refractivity contribution in [3.63, 3.8) is 0 Å². The summed E-state index contributed by atoms with van der Waals surface area (Å²) in [4.78, 5) is 13.4. The molecule has 2 aliphatic rings. The number of carbonyl (C=O) groups is 1. The fourth-order valence-corrected chi connectivity index (χ4v) is 5.49. The van der Waals surface area contributed by atoms with Crippen molar-refractivity contribution in [1.29, 1.82) is 0 Å². The SMILES string of the molecule is CC(C)[C@]1(C(=O)NCc2cc(C(F)(F)F)cc(C(F)(F)F)c2)CC[C@@H](NC2CCOCC2n2cnnn2)C1. The van der Waals surface area contributed by atoms with Gasteiger partial charge in [0.1, 0.15) is 6.33 Å². The van der Waals surface area contributed by atoms with Crippen molar-refractivity contribution in [3.8, 4) is 0 Å². The molecule has 1 aliphatic carbocycles. The monoisotopic (exact) mass is 548 g/mol. The zero-order chi connectivity index (χ0) is 27.7. The fraction of sp³-hybridized carbons (Fsp3) is 0.667. The topological polar surface area (TPSA) is 94.0 Å². The number of alkyl halides is 6. The third-order valence-corrected chi connectivity index (χ3v) is 7.69. The summed E-state index contributed by atoms with van der Waals surface area (Å²) in [6.07, 6.45) is -5.96. The van der Waals surface area contributed by atoms with E-state index in [-0.39, 0.29) is 41.6 Å². The zero-order valence-corrected chi connectivity index (χ0v) is 20.9. The predicted molar refractivity (Wildman–Crippen MR) is 122 cm³/mol. The number of benzene rings is 1. The molecule has 8 nitrogen and oxygen atoms in total. The molecule has 38 heavy (non-hydrogen) atoms. The first-order chi connectivity index (χ1) is 17.8. The molecule has 1 aromatic heterocycles. The Labute approximate surface area is 215 Å². The van der Waals surface area contributed by atoms with Crippen molar-refractivity contribution in [2.24, 2.45) is 11.3 Å². The average Bonchev–Trinajstić information content (AvgIpc) is 3.53. The van der Waals surface area contributed by atoms with Crippen molar-refractivity contribution in [2.45, 2.75) is 76.6 Å². The number of carbonyl (C=O) groups excluding carboxylic acids is 1. The molecule has 1 amide bonds. The van der Waals surface area contributed by atoms with Crippen LogP contribution in [0.15, 0.2) is 24.5 Å². The van der Waals surface area contributed by atoms with Crippen LogP contribution in [-0.2, 0) is 28.4 Å². The third-order valence-electron chi connectivity index (χ3n) is 7.69. The first kappa shape index (κ1) is 28.3. The standard InChI is InChI=1S/C24H30F6N6O2/c1-14(2)22(5-3-18(10-22)33-19-4-6-38-12-20(19)36-13-32-34-35-36)21(37)31-11-15-7-16(23(25,26)27)9-17(8-15)24(28,29)30/h7-9,13-14,18-20,33H,3-6,10-12H2,1-2H3,(H,31,37)/t18-,19?,20?,22+/m1/s1. The van der Waals surface area contributed by atoms with Gasteiger partial charge < -0.3 is 15.4 Å². The molecular weight excluding hydrogens is 518 g/mol. The van der Waals surface area contributed by atoms with Crippen LogP contribution < -0.4 is 10.6 Å². The van der Waals surface area contributed by atoms with Crippen molar-refractivity contribution in [2.75, 3.05) is 13.2 Å². The van der Waals surface area contributed by atoms with Crippen LogP contribution >= 0.6 is 0 Å². The van der Waals surface area contributed by atoms with Crippen molar-refractivity contribution < 1.29 is 35.9 Å². The van der Waals surface area contributed by atoms with E-state index < -0.39 is 35.4 Å². The molecule has 0 radical (unpaired) electrons. The van der Waals surface area contributed by atoms with E-state index in [1.807, 2.05) is 13.8 Å². The Bertz CT molecular complexity index is 1070. The van der Waals surface area contributed by atoms with Gasteiger partial charge in [-0.2, -0.15) is 26.3 Å². The number of hydrogen-bond donors (Lipinski definition) is 2. The summed E-state index contributed by atoms with van der Waals surface area (Å²) < 4.78 is 86.5. The van der Waals surface area contributed by atoms with Crippen LogP contribution in [0.25, 0.3) is 0 Å². The summed E-state index contributed by atoms with van der Waals surface area (Å²) in [7, 11) is 0. The van der Waals surface area contributed by atoms with Crippen LogP contribution in [0.5, 0.6) is 0 Å². The van der Waals surface area contributed by atoms with Gasteiger partial charge in [0.15, 0.2) is 0 Å². The summed E-state index contributed by atoms with van der Waals surface area (Å²) in [5.41, 5.74) is -3.90. The largest absolute Gasteiger partial charge is 0.416 e. The summed E-state index contributed by atoms with van der Waals surface area (Å²) in [6.45, 7) is 4.34. The van der Waals surface area contributed by atoms with Crippen molar-refractivity contribution in [1.82, 2.24) is 30.8 Å². The highest BCUT2D eigenvalue weighted by atomic mass is 19.4. The molecule has 1 aliphatic heterocycles. The molecule has 1 aromatic carbocycles. The molecule has 2 N–H and O–H groups in total. The molecule has 4 atom stereocenters. The molecule has 4 rings (SSSR count). The van der Waals surface area contributed by atoms with Gasteiger partial charge in [-0.05, 0) is 65.8 Å². The van der Waals surface area contributed by atoms with Gasteiger partial charge in [-0.15, -0.1) is 5.10 Å². The molecular formula is C24H30F6N6O2. The van der Waals surface area contributed by atoms with Crippen LogP contribution in [0.1, 0.15) is 62.3 Å². The van der Waals surface area contributed by atoms with Gasteiger partial charge in [0, 0.05) is 25.2 Å². The lowest BCUT2D eigenvalue weighted by atomic mass is 9.74. The highest BCUT2D eigenvalue weighted by Gasteiger charge is 2.48. The van der Waals surface area contributed by atoms with E-state index in [0.29, 0.717) is 44.6 Å². The highest BCUT2D eigenvalue weighted by Crippen LogP contribution is 2.45. The minimum Gasteiger partial charge on any atom is -0.379 e. The molecule has 2 unspecified atom stereocenters. The highest BCUT2D eigenvalue weighted by molar-refractivity contribution is 5.83. The van der Waals surface area contributed by atoms with Gasteiger partial charge in [-0.3, -0.25) is 4.79 Å². The molecule has 1 saturated heterocycles. The van der Waals surface area contributed by atoms with Gasteiger partial charge >= 0.3 is 12.4 Å². The average molecular weight is 549 g/mol. The fourth-order valence-electron chi connectivity index (χ4n) is 5.49. The van der Waals surface area contributed by atoms with Crippen molar-refractivity contribution in [3.05, 3.63) is 41.2 Å². The first-order valence-electron chi connectivity index (χ1n) is 12.4. The van der Waals surface area contributed by atoms with E-state index in [2.05, 4.69) is 26.2 Å². The van der Waals surface area contributed by atoms with Gasteiger partial charge in [0.2, 0.25) is 5.91 Å². The minimum atomic E-state index is -4.95. The van der Waals surface area contributed by atoms with Crippen LogP contribution in [0.4, 0.5) is 26.3 Å². The van der Waals surface area contributed by atoms with E-state index in [0.717, 1.165) is 6.42 Å². The third kappa shape index (κ3) is 6.11. The van der Waals surface area contributed by atoms with E-state index in [1.54, 1.807) is 4.68 Å². The Morgan fingerprint density at radius 3 is 2.39 bits per heavy atom. The summed E-state index contributed by atoms with van der Waals surface area (Å²) in [6, 6.07) is 1.23. The molecule has 2 heterocycles. The first-order valence-corrected chi connectivity index (χ1v) is 12.4. The molecule has 2 aromatic rings. The Morgan fingerprint density at radius 1 is 1.13 bits per heavy atom. The Morgan fingerprint density at radius 2 is 1.82 bits per heavy atom. The molecule has 0 bridgehead atoms. The maximum Gasteiger partial charge on any atom is 0.416 e. The number of halogens is 6. The number of nitrogens with one attached hydrogen (secondary N) is 2. The van der Waals surface area contributed by atoms with Crippen LogP contribution in [0.2, 0.25) is 0 Å². The second-order valence-electron chi connectivity index (χ2n) is 10.3. The van der Waals surface area contributed by atoms with Crippen molar-refractivity contribution >= 4 is 5.91 Å². The predicted octanol–water partition coefficient (Wildman–Crippen LogP) is 4.14. The number of tetrazole rings is 1. The van der Waals surface area contributed by atoms with E-state index in [1.165, 1.54) is 6.33 Å². The number of hydrogen-bond acceptors (Lipinski definition) is 6. The molecule has 0 spiro atoms. The van der Waals surface area contributed by atoms with E-state index in [4.69, 9.17) is 4.74 Å². The Balaban J connectivity index is 1.46. The van der Waals surface area contributed by atoms with Crippen LogP contribution in [0.3, 0.4) is 0 Å². The lowest BCUT2D eigenvalue weighted by Gasteiger charge is -2.35. The minimum absolute atomic E-state index is 0.00849. The maximum absolute atomic E-state index is 13.4. The molecule has 14 heteroatoms. The number of ether oxygens (including phenoxy) is 1. The van der Waals surface area contributed by atoms with Crippen LogP contribution in [0, 0.1) is 11.3 Å². The maximum atomic E-state index is 13.4. The van der Waals surface area contributed by atoms with E-state index in [9.17, 15) is 31.1 Å². The molecule has 210 valence electrons. The second-order valence-corrected chi connectivity index (χ2v) is 10.3. The van der Waals surface area contributed by atoms with Gasteiger partial charge in [0.05, 0.1) is 29.2 Å². The normalized spacial score (nSPS) is 26.6. The summed E-state index contributed by atoms with van der Waals surface area (Å²) in [5, 5.41) is 17.6. The lowest BCUT2D eigenvalue weighted by Crippen LogP contribution is -2.49. The van der Waals surface area contributed by atoms with Crippen LogP contribution in [-0.4, -0.2) is 51.4 Å².